The van der Waals surface area contributed by atoms with Crippen LogP contribution in [0.15, 0.2) is 53.4 Å². The van der Waals surface area contributed by atoms with Gasteiger partial charge in [0.1, 0.15) is 16.5 Å². The van der Waals surface area contributed by atoms with Crippen LogP contribution in [0.3, 0.4) is 0 Å². The molecule has 9 heteroatoms. The van der Waals surface area contributed by atoms with Gasteiger partial charge in [0.2, 0.25) is 5.91 Å². The molecule has 0 radical (unpaired) electrons. The summed E-state index contributed by atoms with van der Waals surface area (Å²) < 4.78 is 47.7. The summed E-state index contributed by atoms with van der Waals surface area (Å²) in [6.45, 7) is 6.18. The second-order valence-corrected chi connectivity index (χ2v) is 8.77. The van der Waals surface area contributed by atoms with Crippen molar-refractivity contribution in [2.75, 3.05) is 6.61 Å². The van der Waals surface area contributed by atoms with Crippen molar-refractivity contribution in [3.8, 4) is 5.75 Å². The lowest BCUT2D eigenvalue weighted by molar-refractivity contribution is -0.146. The number of amides is 1. The highest BCUT2D eigenvalue weighted by Crippen LogP contribution is 2.21. The van der Waals surface area contributed by atoms with Gasteiger partial charge in [-0.15, -0.1) is 0 Å². The van der Waals surface area contributed by atoms with Gasteiger partial charge >= 0.3 is 16.1 Å². The van der Waals surface area contributed by atoms with Crippen LogP contribution in [0.25, 0.3) is 0 Å². The van der Waals surface area contributed by atoms with Gasteiger partial charge < -0.3 is 13.8 Å². The second kappa shape index (κ2) is 11.6. The lowest BCUT2D eigenvalue weighted by atomic mass is 10.1. The number of hydrogen-bond donors (Lipinski definition) is 0. The standard InChI is InChI=1S/C23H28FNO6S/c1-4-17(3)25(22(26)14-15-23(27)30-5-2)16-18-6-10-20(11-7-18)31-32(28,29)21-12-8-19(24)9-13-21/h6-13,17H,4-5,14-16H2,1-3H3. The molecule has 0 saturated carbocycles. The number of rotatable bonds is 11. The van der Waals surface area contributed by atoms with Gasteiger partial charge in [-0.05, 0) is 62.2 Å². The van der Waals surface area contributed by atoms with Gasteiger partial charge in [0.05, 0.1) is 13.0 Å². The minimum absolute atomic E-state index is 0.0215. The number of hydrogen-bond acceptors (Lipinski definition) is 6. The van der Waals surface area contributed by atoms with Crippen molar-refractivity contribution in [1.82, 2.24) is 4.90 Å². The molecule has 2 aromatic rings. The molecule has 0 aliphatic heterocycles. The number of ether oxygens (including phenoxy) is 1. The van der Waals surface area contributed by atoms with Gasteiger partial charge in [0.25, 0.3) is 0 Å². The maximum Gasteiger partial charge on any atom is 0.339 e. The normalized spacial score (nSPS) is 12.1. The van der Waals surface area contributed by atoms with Crippen LogP contribution in [0.4, 0.5) is 4.39 Å². The van der Waals surface area contributed by atoms with Gasteiger partial charge in [-0.1, -0.05) is 19.1 Å². The summed E-state index contributed by atoms with van der Waals surface area (Å²) >= 11 is 0. The molecule has 2 rings (SSSR count). The van der Waals surface area contributed by atoms with Crippen LogP contribution >= 0.6 is 0 Å². The van der Waals surface area contributed by atoms with E-state index < -0.39 is 21.9 Å². The van der Waals surface area contributed by atoms with Crippen molar-refractivity contribution in [2.24, 2.45) is 0 Å². The molecule has 0 aromatic heterocycles. The van der Waals surface area contributed by atoms with E-state index in [-0.39, 0.29) is 42.0 Å². The molecule has 1 atom stereocenters. The second-order valence-electron chi connectivity index (χ2n) is 7.22. The van der Waals surface area contributed by atoms with E-state index in [4.69, 9.17) is 8.92 Å². The first-order valence-electron chi connectivity index (χ1n) is 10.4. The summed E-state index contributed by atoms with van der Waals surface area (Å²) in [7, 11) is -4.09. The van der Waals surface area contributed by atoms with Crippen molar-refractivity contribution in [3.05, 3.63) is 59.9 Å². The Morgan fingerprint density at radius 1 is 1.00 bits per heavy atom. The zero-order valence-electron chi connectivity index (χ0n) is 18.4. The van der Waals surface area contributed by atoms with E-state index in [0.29, 0.717) is 6.54 Å². The summed E-state index contributed by atoms with van der Waals surface area (Å²) in [4.78, 5) is 25.8. The van der Waals surface area contributed by atoms with Crippen molar-refractivity contribution < 1.29 is 31.3 Å². The van der Waals surface area contributed by atoms with Crippen LogP contribution in [0.5, 0.6) is 5.75 Å². The van der Waals surface area contributed by atoms with E-state index >= 15 is 0 Å². The first kappa shape index (κ1) is 25.3. The molecule has 0 N–H and O–H groups in total. The number of esters is 1. The predicted octanol–water partition coefficient (Wildman–Crippen LogP) is 4.06. The maximum absolute atomic E-state index is 13.0. The molecule has 0 aliphatic rings. The van der Waals surface area contributed by atoms with Crippen LogP contribution in [-0.4, -0.2) is 37.8 Å². The third-order valence-corrected chi connectivity index (χ3v) is 6.14. The Morgan fingerprint density at radius 3 is 2.19 bits per heavy atom. The molecule has 0 saturated heterocycles. The highest BCUT2D eigenvalue weighted by Gasteiger charge is 2.21. The molecule has 0 bridgehead atoms. The van der Waals surface area contributed by atoms with E-state index in [1.807, 2.05) is 13.8 Å². The van der Waals surface area contributed by atoms with Crippen molar-refractivity contribution in [2.45, 2.75) is 57.5 Å². The molecule has 32 heavy (non-hydrogen) atoms. The molecule has 1 unspecified atom stereocenters. The first-order valence-corrected chi connectivity index (χ1v) is 11.8. The van der Waals surface area contributed by atoms with Crippen LogP contribution in [0, 0.1) is 5.82 Å². The highest BCUT2D eigenvalue weighted by atomic mass is 32.2. The highest BCUT2D eigenvalue weighted by molar-refractivity contribution is 7.87. The fourth-order valence-electron chi connectivity index (χ4n) is 2.92. The fourth-order valence-corrected chi connectivity index (χ4v) is 3.85. The Labute approximate surface area is 188 Å². The molecule has 1 amide bonds. The lowest BCUT2D eigenvalue weighted by Crippen LogP contribution is -2.38. The number of nitrogens with zero attached hydrogens (tertiary/aromatic N) is 1. The Hall–Kier alpha value is -2.94. The zero-order valence-corrected chi connectivity index (χ0v) is 19.2. The molecule has 7 nitrogen and oxygen atoms in total. The minimum Gasteiger partial charge on any atom is -0.466 e. The van der Waals surface area contributed by atoms with E-state index in [1.54, 1.807) is 24.0 Å². The number of halogens is 1. The topological polar surface area (TPSA) is 90.0 Å². The SMILES string of the molecule is CCOC(=O)CCC(=O)N(Cc1ccc(OS(=O)(=O)c2ccc(F)cc2)cc1)C(C)CC. The summed E-state index contributed by atoms with van der Waals surface area (Å²) in [5, 5.41) is 0. The monoisotopic (exact) mass is 465 g/mol. The molecular formula is C23H28FNO6S. The molecule has 0 aliphatic carbocycles. The molecule has 0 heterocycles. The maximum atomic E-state index is 13.0. The summed E-state index contributed by atoms with van der Waals surface area (Å²) in [6, 6.07) is 10.6. The average Bonchev–Trinajstić information content (AvgIpc) is 2.76. The first-order chi connectivity index (χ1) is 15.2. The summed E-state index contributed by atoms with van der Waals surface area (Å²) in [5.74, 6) is -1.02. The van der Waals surface area contributed by atoms with Crippen LogP contribution in [-0.2, 0) is 31.0 Å². The smallest absolute Gasteiger partial charge is 0.339 e. The molecule has 2 aromatic carbocycles. The summed E-state index contributed by atoms with van der Waals surface area (Å²) in [5.41, 5.74) is 0.779. The minimum atomic E-state index is -4.09. The van der Waals surface area contributed by atoms with E-state index in [9.17, 15) is 22.4 Å². The van der Waals surface area contributed by atoms with Crippen LogP contribution in [0.2, 0.25) is 0 Å². The molecular weight excluding hydrogens is 437 g/mol. The zero-order chi connectivity index (χ0) is 23.7. The average molecular weight is 466 g/mol. The predicted molar refractivity (Wildman–Crippen MR) is 117 cm³/mol. The third kappa shape index (κ3) is 7.33. The van der Waals surface area contributed by atoms with E-state index in [1.165, 1.54) is 12.1 Å². The summed E-state index contributed by atoms with van der Waals surface area (Å²) in [6.07, 6.45) is 0.816. The van der Waals surface area contributed by atoms with Crippen LogP contribution < -0.4 is 4.18 Å². The molecule has 0 fully saturated rings. The van der Waals surface area contributed by atoms with Crippen LogP contribution in [0.1, 0.15) is 45.6 Å². The fraction of sp³-hybridized carbons (Fsp3) is 0.391. The Balaban J connectivity index is 2.06. The lowest BCUT2D eigenvalue weighted by Gasteiger charge is -2.29. The molecule has 0 spiro atoms. The van der Waals surface area contributed by atoms with Gasteiger partial charge in [0.15, 0.2) is 0 Å². The van der Waals surface area contributed by atoms with Gasteiger partial charge in [0, 0.05) is 19.0 Å². The Bertz CT molecular complexity index is 1010. The van der Waals surface area contributed by atoms with E-state index in [0.717, 1.165) is 36.2 Å². The van der Waals surface area contributed by atoms with E-state index in [2.05, 4.69) is 0 Å². The van der Waals surface area contributed by atoms with Gasteiger partial charge in [-0.2, -0.15) is 8.42 Å². The largest absolute Gasteiger partial charge is 0.466 e. The Kier molecular flexibility index (Phi) is 9.19. The Morgan fingerprint density at radius 2 is 1.62 bits per heavy atom. The molecule has 174 valence electrons. The quantitative estimate of drug-likeness (QED) is 0.367. The number of carbonyl (C=O) groups excluding carboxylic acids is 2. The van der Waals surface area contributed by atoms with Crippen molar-refractivity contribution in [3.63, 3.8) is 0 Å². The van der Waals surface area contributed by atoms with Crippen molar-refractivity contribution >= 4 is 22.0 Å². The number of benzene rings is 2. The number of carbonyl (C=O) groups is 2. The third-order valence-electron chi connectivity index (χ3n) is 4.88. The van der Waals surface area contributed by atoms with Crippen molar-refractivity contribution in [1.29, 1.82) is 0 Å². The van der Waals surface area contributed by atoms with Gasteiger partial charge in [-0.25, -0.2) is 4.39 Å². The van der Waals surface area contributed by atoms with Gasteiger partial charge in [-0.3, -0.25) is 9.59 Å².